The van der Waals surface area contributed by atoms with Gasteiger partial charge in [-0.05, 0) is 61.2 Å². The summed E-state index contributed by atoms with van der Waals surface area (Å²) in [6, 6.07) is 10.5. The first-order valence-corrected chi connectivity index (χ1v) is 13.2. The standard InChI is InChI=1S/C31H25F3N4O3/c1-15-27-29(23-13-24(23)30(27)40)37-38(15)14-21(39)10-18(7-16-8-19(32)12-20(33)9-16)28-22(3-2-6-36-28)17-4-5-26(34)25(11-17)31(35)41/h2-6,8-9,11-12,18,23-24H,7,10,13-14H2,1H3,(H2,35,41)/t18-,23?,24?/m1/s1. The molecule has 6 rings (SSSR count). The minimum atomic E-state index is -0.936. The highest BCUT2D eigenvalue weighted by atomic mass is 19.1. The molecule has 0 bridgehead atoms. The Hall–Kier alpha value is -4.60. The molecule has 1 saturated carbocycles. The van der Waals surface area contributed by atoms with Crippen molar-refractivity contribution < 1.29 is 27.6 Å². The first-order valence-electron chi connectivity index (χ1n) is 13.2. The Kier molecular flexibility index (Phi) is 6.56. The average Bonchev–Trinajstić information content (AvgIpc) is 3.59. The molecule has 3 atom stereocenters. The summed E-state index contributed by atoms with van der Waals surface area (Å²) in [6.45, 7) is 1.69. The Balaban J connectivity index is 1.35. The van der Waals surface area contributed by atoms with Crippen LogP contribution in [0.3, 0.4) is 0 Å². The molecule has 0 spiro atoms. The molecule has 4 aromatic rings. The van der Waals surface area contributed by atoms with Crippen molar-refractivity contribution in [3.63, 3.8) is 0 Å². The van der Waals surface area contributed by atoms with Gasteiger partial charge in [-0.2, -0.15) is 5.10 Å². The minimum absolute atomic E-state index is 0.0247. The quantitative estimate of drug-likeness (QED) is 0.309. The number of carbonyl (C=O) groups is 3. The zero-order valence-corrected chi connectivity index (χ0v) is 22.0. The Bertz CT molecular complexity index is 1730. The van der Waals surface area contributed by atoms with E-state index in [1.54, 1.807) is 23.7 Å². The maximum atomic E-state index is 14.2. The lowest BCUT2D eigenvalue weighted by Crippen LogP contribution is -2.19. The molecule has 10 heteroatoms. The van der Waals surface area contributed by atoms with Gasteiger partial charge in [-0.1, -0.05) is 12.1 Å². The third-order valence-electron chi connectivity index (χ3n) is 7.93. The zero-order valence-electron chi connectivity index (χ0n) is 22.0. The average molecular weight is 559 g/mol. The second-order valence-electron chi connectivity index (χ2n) is 10.7. The third-order valence-corrected chi connectivity index (χ3v) is 7.93. The lowest BCUT2D eigenvalue weighted by Gasteiger charge is -2.20. The van der Waals surface area contributed by atoms with Crippen molar-refractivity contribution in [3.8, 4) is 11.1 Å². The second kappa shape index (κ2) is 10.1. The van der Waals surface area contributed by atoms with Crippen molar-refractivity contribution in [1.29, 1.82) is 0 Å². The number of ketones is 2. The fourth-order valence-corrected chi connectivity index (χ4v) is 5.91. The van der Waals surface area contributed by atoms with Crippen LogP contribution in [0.25, 0.3) is 11.1 Å². The van der Waals surface area contributed by atoms with E-state index in [1.807, 2.05) is 0 Å². The molecular formula is C31H25F3N4O3. The Morgan fingerprint density at radius 1 is 1.07 bits per heavy atom. The number of pyridine rings is 1. The van der Waals surface area contributed by atoms with E-state index < -0.39 is 29.3 Å². The van der Waals surface area contributed by atoms with E-state index in [-0.39, 0.29) is 48.4 Å². The van der Waals surface area contributed by atoms with Crippen LogP contribution in [0.5, 0.6) is 0 Å². The number of hydrogen-bond acceptors (Lipinski definition) is 5. The predicted octanol–water partition coefficient (Wildman–Crippen LogP) is 5.06. The van der Waals surface area contributed by atoms with Crippen LogP contribution in [0, 0.1) is 30.3 Å². The summed E-state index contributed by atoms with van der Waals surface area (Å²) in [6.07, 6.45) is 2.34. The molecule has 2 aliphatic rings. The van der Waals surface area contributed by atoms with Gasteiger partial charge in [0.1, 0.15) is 17.5 Å². The van der Waals surface area contributed by atoms with Crippen molar-refractivity contribution in [2.45, 2.75) is 44.6 Å². The van der Waals surface area contributed by atoms with Crippen LogP contribution in [0.15, 0.2) is 54.7 Å². The first kappa shape index (κ1) is 26.6. The van der Waals surface area contributed by atoms with Crippen LogP contribution < -0.4 is 5.73 Å². The summed E-state index contributed by atoms with van der Waals surface area (Å²) < 4.78 is 43.9. The highest BCUT2D eigenvalue weighted by Gasteiger charge is 2.54. The lowest BCUT2D eigenvalue weighted by molar-refractivity contribution is -0.120. The van der Waals surface area contributed by atoms with Crippen LogP contribution in [-0.2, 0) is 17.8 Å². The number of hydrogen-bond donors (Lipinski definition) is 1. The van der Waals surface area contributed by atoms with Gasteiger partial charge < -0.3 is 5.73 Å². The van der Waals surface area contributed by atoms with Crippen LogP contribution in [0.4, 0.5) is 13.2 Å². The molecule has 208 valence electrons. The lowest BCUT2D eigenvalue weighted by atomic mass is 9.86. The SMILES string of the molecule is Cc1c2c(nn1CC(=O)C[C@@H](Cc1cc(F)cc(F)c1)c1ncccc1-c1ccc(F)c(C(N)=O)c1)C1CC1C2=O. The summed E-state index contributed by atoms with van der Waals surface area (Å²) >= 11 is 0. The van der Waals surface area contributed by atoms with E-state index in [4.69, 9.17) is 5.73 Å². The number of nitrogens with two attached hydrogens (primary N) is 1. The summed E-state index contributed by atoms with van der Waals surface area (Å²) in [5.41, 5.74) is 8.79. The second-order valence-corrected chi connectivity index (χ2v) is 10.7. The molecule has 0 aliphatic heterocycles. The summed E-state index contributed by atoms with van der Waals surface area (Å²) in [4.78, 5) is 42.4. The van der Waals surface area contributed by atoms with E-state index >= 15 is 0 Å². The van der Waals surface area contributed by atoms with Gasteiger partial charge in [0.15, 0.2) is 11.6 Å². The van der Waals surface area contributed by atoms with Gasteiger partial charge in [0.05, 0.1) is 29.1 Å². The number of fused-ring (bicyclic) bond motifs is 3. The van der Waals surface area contributed by atoms with E-state index in [0.717, 1.165) is 24.2 Å². The van der Waals surface area contributed by atoms with E-state index in [2.05, 4.69) is 10.1 Å². The fourth-order valence-electron chi connectivity index (χ4n) is 5.91. The molecule has 7 nitrogen and oxygen atoms in total. The number of amides is 1. The van der Waals surface area contributed by atoms with E-state index in [0.29, 0.717) is 33.6 Å². The molecule has 41 heavy (non-hydrogen) atoms. The van der Waals surface area contributed by atoms with Gasteiger partial charge in [-0.25, -0.2) is 13.2 Å². The molecule has 2 aliphatic carbocycles. The molecule has 2 unspecified atom stereocenters. The Morgan fingerprint density at radius 2 is 1.83 bits per heavy atom. The summed E-state index contributed by atoms with van der Waals surface area (Å²) in [5, 5.41) is 4.57. The number of aromatic nitrogens is 3. The number of Topliss-reactive ketones (excluding diaryl/α,β-unsaturated/α-hetero) is 2. The number of benzene rings is 2. The number of rotatable bonds is 9. The maximum absolute atomic E-state index is 14.2. The molecule has 2 aromatic carbocycles. The van der Waals surface area contributed by atoms with Gasteiger partial charge in [0.2, 0.25) is 0 Å². The number of halogens is 3. The van der Waals surface area contributed by atoms with Gasteiger partial charge in [-0.3, -0.25) is 24.0 Å². The molecule has 2 heterocycles. The monoisotopic (exact) mass is 558 g/mol. The van der Waals surface area contributed by atoms with Gasteiger partial charge >= 0.3 is 0 Å². The Morgan fingerprint density at radius 3 is 2.54 bits per heavy atom. The minimum Gasteiger partial charge on any atom is -0.366 e. The van der Waals surface area contributed by atoms with Crippen LogP contribution in [0.2, 0.25) is 0 Å². The molecular weight excluding hydrogens is 533 g/mol. The van der Waals surface area contributed by atoms with Crippen molar-refractivity contribution in [2.24, 2.45) is 11.7 Å². The van der Waals surface area contributed by atoms with Crippen molar-refractivity contribution >= 4 is 17.5 Å². The largest absolute Gasteiger partial charge is 0.366 e. The van der Waals surface area contributed by atoms with Crippen LogP contribution in [0.1, 0.15) is 68.0 Å². The van der Waals surface area contributed by atoms with E-state index in [1.165, 1.54) is 30.5 Å². The summed E-state index contributed by atoms with van der Waals surface area (Å²) in [7, 11) is 0. The number of carbonyl (C=O) groups excluding carboxylic acids is 3. The molecule has 2 N–H and O–H groups in total. The molecule has 1 fully saturated rings. The highest BCUT2D eigenvalue weighted by molar-refractivity contribution is 6.06. The molecule has 1 amide bonds. The first-order chi connectivity index (χ1) is 19.6. The normalized spacial score (nSPS) is 17.7. The smallest absolute Gasteiger partial charge is 0.251 e. The van der Waals surface area contributed by atoms with Crippen LogP contribution in [-0.4, -0.2) is 32.2 Å². The van der Waals surface area contributed by atoms with Crippen molar-refractivity contribution in [2.75, 3.05) is 0 Å². The Labute approximate surface area is 233 Å². The van der Waals surface area contributed by atoms with Crippen molar-refractivity contribution in [1.82, 2.24) is 14.8 Å². The third kappa shape index (κ3) is 4.94. The number of nitrogens with zero attached hydrogens (tertiary/aromatic N) is 3. The maximum Gasteiger partial charge on any atom is 0.251 e. The zero-order chi connectivity index (χ0) is 29.0. The molecule has 0 saturated heterocycles. The van der Waals surface area contributed by atoms with Crippen molar-refractivity contribution in [3.05, 3.63) is 106 Å². The number of primary amides is 1. The van der Waals surface area contributed by atoms with Crippen LogP contribution >= 0.6 is 0 Å². The van der Waals surface area contributed by atoms with Gasteiger partial charge in [0, 0.05) is 47.7 Å². The topological polar surface area (TPSA) is 108 Å². The van der Waals surface area contributed by atoms with Gasteiger partial charge in [0.25, 0.3) is 5.91 Å². The van der Waals surface area contributed by atoms with Gasteiger partial charge in [-0.15, -0.1) is 0 Å². The summed E-state index contributed by atoms with van der Waals surface area (Å²) in [5.74, 6) is -3.82. The predicted molar refractivity (Wildman–Crippen MR) is 143 cm³/mol. The molecule has 2 aromatic heterocycles. The molecule has 0 radical (unpaired) electrons. The van der Waals surface area contributed by atoms with E-state index in [9.17, 15) is 27.6 Å². The highest BCUT2D eigenvalue weighted by Crippen LogP contribution is 2.56. The fraction of sp³-hybridized carbons (Fsp3) is 0.258.